The lowest BCUT2D eigenvalue weighted by atomic mass is 9.83. The Morgan fingerprint density at radius 3 is 2.93 bits per heavy atom. The molecule has 1 aliphatic carbocycles. The van der Waals surface area contributed by atoms with Crippen LogP contribution in [0.5, 0.6) is 0 Å². The minimum Gasteiger partial charge on any atom is -0.300 e. The van der Waals surface area contributed by atoms with Gasteiger partial charge in [0.25, 0.3) is 0 Å². The molecule has 1 unspecified atom stereocenters. The molecule has 1 atom stereocenters. The molecule has 0 aliphatic heterocycles. The molecular weight excluding hydrogens is 172 g/mol. The van der Waals surface area contributed by atoms with E-state index >= 15 is 0 Å². The SMILES string of the molecule is Cc1cccc(C2CCCC(=O)C2)c1. The number of benzene rings is 1. The van der Waals surface area contributed by atoms with E-state index in [0.29, 0.717) is 11.7 Å². The molecule has 0 heterocycles. The maximum Gasteiger partial charge on any atom is 0.133 e. The van der Waals surface area contributed by atoms with Gasteiger partial charge in [-0.2, -0.15) is 0 Å². The van der Waals surface area contributed by atoms with Crippen molar-refractivity contribution in [3.8, 4) is 0 Å². The highest BCUT2D eigenvalue weighted by Gasteiger charge is 2.20. The molecule has 0 N–H and O–H groups in total. The molecule has 0 saturated heterocycles. The Bertz CT molecular complexity index is 341. The second-order valence-corrected chi connectivity index (χ2v) is 4.25. The largest absolute Gasteiger partial charge is 0.300 e. The molecule has 1 aliphatic rings. The van der Waals surface area contributed by atoms with Crippen molar-refractivity contribution >= 4 is 5.78 Å². The van der Waals surface area contributed by atoms with Crippen LogP contribution < -0.4 is 0 Å². The van der Waals surface area contributed by atoms with Gasteiger partial charge < -0.3 is 0 Å². The maximum atomic E-state index is 11.3. The van der Waals surface area contributed by atoms with Crippen molar-refractivity contribution in [2.45, 2.75) is 38.5 Å². The van der Waals surface area contributed by atoms with E-state index in [2.05, 4.69) is 31.2 Å². The summed E-state index contributed by atoms with van der Waals surface area (Å²) in [5.74, 6) is 0.916. The van der Waals surface area contributed by atoms with Gasteiger partial charge in [-0.15, -0.1) is 0 Å². The standard InChI is InChI=1S/C13H16O/c1-10-4-2-5-11(8-10)12-6-3-7-13(14)9-12/h2,4-5,8,12H,3,6-7,9H2,1H3. The molecule has 1 heteroatoms. The molecule has 74 valence electrons. The molecule has 0 aromatic heterocycles. The van der Waals surface area contributed by atoms with Crippen LogP contribution in [0.25, 0.3) is 0 Å². The average molecular weight is 188 g/mol. The fourth-order valence-electron chi connectivity index (χ4n) is 2.23. The monoisotopic (exact) mass is 188 g/mol. The number of Topliss-reactive ketones (excluding diaryl/α,β-unsaturated/α-hetero) is 1. The van der Waals surface area contributed by atoms with Crippen LogP contribution in [0.1, 0.15) is 42.7 Å². The summed E-state index contributed by atoms with van der Waals surface area (Å²) >= 11 is 0. The molecule has 1 fully saturated rings. The number of hydrogen-bond donors (Lipinski definition) is 0. The van der Waals surface area contributed by atoms with Gasteiger partial charge in [-0.05, 0) is 31.2 Å². The van der Waals surface area contributed by atoms with E-state index in [1.165, 1.54) is 17.5 Å². The van der Waals surface area contributed by atoms with Gasteiger partial charge >= 0.3 is 0 Å². The zero-order valence-corrected chi connectivity index (χ0v) is 8.62. The van der Waals surface area contributed by atoms with E-state index in [4.69, 9.17) is 0 Å². The van der Waals surface area contributed by atoms with Gasteiger partial charge in [0.1, 0.15) is 5.78 Å². The molecule has 1 aromatic carbocycles. The number of ketones is 1. The van der Waals surface area contributed by atoms with E-state index in [0.717, 1.165) is 19.3 Å². The van der Waals surface area contributed by atoms with Crippen LogP contribution in [0, 0.1) is 6.92 Å². The van der Waals surface area contributed by atoms with Crippen LogP contribution in [0.15, 0.2) is 24.3 Å². The van der Waals surface area contributed by atoms with Crippen LogP contribution in [0.4, 0.5) is 0 Å². The number of rotatable bonds is 1. The summed E-state index contributed by atoms with van der Waals surface area (Å²) in [5, 5.41) is 0. The third-order valence-electron chi connectivity index (χ3n) is 3.00. The minimum absolute atomic E-state index is 0.433. The second-order valence-electron chi connectivity index (χ2n) is 4.25. The molecular formula is C13H16O. The van der Waals surface area contributed by atoms with Gasteiger partial charge in [-0.1, -0.05) is 29.8 Å². The fraction of sp³-hybridized carbons (Fsp3) is 0.462. The molecule has 1 aromatic rings. The summed E-state index contributed by atoms with van der Waals surface area (Å²) in [4.78, 5) is 11.3. The van der Waals surface area contributed by atoms with Crippen LogP contribution in [-0.2, 0) is 4.79 Å². The third-order valence-corrected chi connectivity index (χ3v) is 3.00. The van der Waals surface area contributed by atoms with Crippen LogP contribution in [-0.4, -0.2) is 5.78 Å². The van der Waals surface area contributed by atoms with Gasteiger partial charge in [0.15, 0.2) is 0 Å². The zero-order chi connectivity index (χ0) is 9.97. The van der Waals surface area contributed by atoms with Crippen molar-refractivity contribution in [2.75, 3.05) is 0 Å². The van der Waals surface area contributed by atoms with Crippen molar-refractivity contribution < 1.29 is 4.79 Å². The maximum absolute atomic E-state index is 11.3. The Balaban J connectivity index is 2.17. The first-order valence-electron chi connectivity index (χ1n) is 5.34. The van der Waals surface area contributed by atoms with E-state index in [9.17, 15) is 4.79 Å². The van der Waals surface area contributed by atoms with Crippen molar-refractivity contribution in [1.82, 2.24) is 0 Å². The Morgan fingerprint density at radius 2 is 2.21 bits per heavy atom. The van der Waals surface area contributed by atoms with Crippen LogP contribution in [0.2, 0.25) is 0 Å². The Labute approximate surface area is 85.1 Å². The summed E-state index contributed by atoms with van der Waals surface area (Å²) in [6.45, 7) is 2.11. The summed E-state index contributed by atoms with van der Waals surface area (Å²) in [6, 6.07) is 8.55. The van der Waals surface area contributed by atoms with Gasteiger partial charge in [-0.25, -0.2) is 0 Å². The molecule has 0 radical (unpaired) electrons. The molecule has 0 spiro atoms. The highest BCUT2D eigenvalue weighted by molar-refractivity contribution is 5.80. The molecule has 0 bridgehead atoms. The van der Waals surface area contributed by atoms with E-state index in [-0.39, 0.29) is 0 Å². The smallest absolute Gasteiger partial charge is 0.133 e. The van der Waals surface area contributed by atoms with Gasteiger partial charge in [0.2, 0.25) is 0 Å². The lowest BCUT2D eigenvalue weighted by Gasteiger charge is -2.21. The molecule has 14 heavy (non-hydrogen) atoms. The van der Waals surface area contributed by atoms with E-state index < -0.39 is 0 Å². The van der Waals surface area contributed by atoms with Crippen LogP contribution in [0.3, 0.4) is 0 Å². The van der Waals surface area contributed by atoms with Crippen molar-refractivity contribution in [3.05, 3.63) is 35.4 Å². The second kappa shape index (κ2) is 3.95. The summed E-state index contributed by atoms with van der Waals surface area (Å²) in [5.41, 5.74) is 2.64. The van der Waals surface area contributed by atoms with Gasteiger partial charge in [0, 0.05) is 12.8 Å². The first-order valence-corrected chi connectivity index (χ1v) is 5.34. The Kier molecular flexibility index (Phi) is 2.67. The minimum atomic E-state index is 0.433. The van der Waals surface area contributed by atoms with Gasteiger partial charge in [-0.3, -0.25) is 4.79 Å². The molecule has 0 amide bonds. The lowest BCUT2D eigenvalue weighted by Crippen LogP contribution is -2.13. The number of hydrogen-bond acceptors (Lipinski definition) is 1. The van der Waals surface area contributed by atoms with Gasteiger partial charge in [0.05, 0.1) is 0 Å². The summed E-state index contributed by atoms with van der Waals surface area (Å²) < 4.78 is 0. The predicted octanol–water partition coefficient (Wildman–Crippen LogP) is 3.22. The third kappa shape index (κ3) is 2.03. The van der Waals surface area contributed by atoms with Crippen molar-refractivity contribution in [2.24, 2.45) is 0 Å². The molecule has 1 saturated carbocycles. The Morgan fingerprint density at radius 1 is 1.36 bits per heavy atom. The summed E-state index contributed by atoms with van der Waals surface area (Å²) in [7, 11) is 0. The summed E-state index contributed by atoms with van der Waals surface area (Å²) in [6.07, 6.45) is 3.79. The van der Waals surface area contributed by atoms with Crippen molar-refractivity contribution in [1.29, 1.82) is 0 Å². The number of carbonyl (C=O) groups excluding carboxylic acids is 1. The normalized spacial score (nSPS) is 22.4. The van der Waals surface area contributed by atoms with E-state index in [1.807, 2.05) is 0 Å². The molecule has 2 rings (SSSR count). The average Bonchev–Trinajstić information content (AvgIpc) is 2.18. The number of aryl methyl sites for hydroxylation is 1. The highest BCUT2D eigenvalue weighted by Crippen LogP contribution is 2.30. The first kappa shape index (κ1) is 9.45. The highest BCUT2D eigenvalue weighted by atomic mass is 16.1. The van der Waals surface area contributed by atoms with Crippen molar-refractivity contribution in [3.63, 3.8) is 0 Å². The predicted molar refractivity (Wildman–Crippen MR) is 57.4 cm³/mol. The zero-order valence-electron chi connectivity index (χ0n) is 8.62. The lowest BCUT2D eigenvalue weighted by molar-refractivity contribution is -0.120. The van der Waals surface area contributed by atoms with E-state index in [1.54, 1.807) is 0 Å². The topological polar surface area (TPSA) is 17.1 Å². The van der Waals surface area contributed by atoms with Crippen LogP contribution >= 0.6 is 0 Å². The number of carbonyl (C=O) groups is 1. The quantitative estimate of drug-likeness (QED) is 0.661. The Hall–Kier alpha value is -1.11. The fourth-order valence-corrected chi connectivity index (χ4v) is 2.23. The molecule has 1 nitrogen and oxygen atoms in total. The first-order chi connectivity index (χ1) is 6.75.